The first-order valence-electron chi connectivity index (χ1n) is 5.26. The van der Waals surface area contributed by atoms with E-state index in [0.717, 1.165) is 16.2 Å². The molecule has 0 saturated carbocycles. The van der Waals surface area contributed by atoms with Crippen LogP contribution in [0.4, 0.5) is 4.39 Å². The second-order valence-corrected chi connectivity index (χ2v) is 4.83. The minimum absolute atomic E-state index is 0.268. The lowest BCUT2D eigenvalue weighted by atomic mass is 10.0. The van der Waals surface area contributed by atoms with Gasteiger partial charge in [-0.15, -0.1) is 11.3 Å². The number of hydrogen-bond acceptors (Lipinski definition) is 3. The molecule has 2 aromatic rings. The Kier molecular flexibility index (Phi) is 3.45. The van der Waals surface area contributed by atoms with Gasteiger partial charge in [0.25, 0.3) is 0 Å². The Labute approximate surface area is 104 Å². The maximum Gasteiger partial charge on any atom is 0.129 e. The zero-order valence-corrected chi connectivity index (χ0v) is 10.6. The molecule has 0 amide bonds. The van der Waals surface area contributed by atoms with Crippen molar-refractivity contribution in [2.24, 2.45) is 5.73 Å². The van der Waals surface area contributed by atoms with Gasteiger partial charge in [-0.05, 0) is 19.1 Å². The van der Waals surface area contributed by atoms with Crippen LogP contribution in [0.1, 0.15) is 22.0 Å². The summed E-state index contributed by atoms with van der Waals surface area (Å²) >= 11 is 1.47. The standard InChI is InChI=1S/C13H14FNOS/c1-8-3-4-11(14)10(5-8)13(15)12-6-9(16-2)7-17-12/h3-7,13H,15H2,1-2H3. The summed E-state index contributed by atoms with van der Waals surface area (Å²) in [6, 6.07) is 6.38. The van der Waals surface area contributed by atoms with E-state index in [2.05, 4.69) is 0 Å². The fourth-order valence-electron chi connectivity index (χ4n) is 1.66. The van der Waals surface area contributed by atoms with Crippen LogP contribution in [0.3, 0.4) is 0 Å². The van der Waals surface area contributed by atoms with E-state index in [0.29, 0.717) is 5.56 Å². The third-order valence-electron chi connectivity index (χ3n) is 2.62. The summed E-state index contributed by atoms with van der Waals surface area (Å²) in [6.45, 7) is 1.92. The lowest BCUT2D eigenvalue weighted by Gasteiger charge is -2.11. The Morgan fingerprint density at radius 1 is 1.35 bits per heavy atom. The zero-order valence-electron chi connectivity index (χ0n) is 9.74. The van der Waals surface area contributed by atoms with E-state index in [1.54, 1.807) is 19.2 Å². The molecule has 0 radical (unpaired) electrons. The number of hydrogen-bond donors (Lipinski definition) is 1. The van der Waals surface area contributed by atoms with Gasteiger partial charge in [0.1, 0.15) is 11.6 Å². The third kappa shape index (κ3) is 2.48. The maximum absolute atomic E-state index is 13.7. The highest BCUT2D eigenvalue weighted by atomic mass is 32.1. The monoisotopic (exact) mass is 251 g/mol. The quantitative estimate of drug-likeness (QED) is 0.908. The summed E-state index contributed by atoms with van der Waals surface area (Å²) in [4.78, 5) is 0.895. The lowest BCUT2D eigenvalue weighted by Crippen LogP contribution is -2.12. The molecule has 0 aliphatic rings. The molecule has 0 spiro atoms. The van der Waals surface area contributed by atoms with Crippen LogP contribution >= 0.6 is 11.3 Å². The molecule has 0 aliphatic carbocycles. The molecule has 0 fully saturated rings. The van der Waals surface area contributed by atoms with Crippen molar-refractivity contribution in [1.82, 2.24) is 0 Å². The van der Waals surface area contributed by atoms with Crippen molar-refractivity contribution in [2.45, 2.75) is 13.0 Å². The molecular weight excluding hydrogens is 237 g/mol. The normalized spacial score (nSPS) is 12.5. The van der Waals surface area contributed by atoms with Crippen LogP contribution in [0.25, 0.3) is 0 Å². The molecule has 1 aromatic carbocycles. The highest BCUT2D eigenvalue weighted by Crippen LogP contribution is 2.30. The fourth-order valence-corrected chi connectivity index (χ4v) is 2.53. The van der Waals surface area contributed by atoms with Gasteiger partial charge in [0.2, 0.25) is 0 Å². The van der Waals surface area contributed by atoms with E-state index in [4.69, 9.17) is 10.5 Å². The fraction of sp³-hybridized carbons (Fsp3) is 0.231. The summed E-state index contributed by atoms with van der Waals surface area (Å²) < 4.78 is 18.8. The van der Waals surface area contributed by atoms with Gasteiger partial charge < -0.3 is 10.5 Å². The highest BCUT2D eigenvalue weighted by Gasteiger charge is 2.15. The van der Waals surface area contributed by atoms with Crippen molar-refractivity contribution in [2.75, 3.05) is 7.11 Å². The van der Waals surface area contributed by atoms with Crippen molar-refractivity contribution in [3.63, 3.8) is 0 Å². The summed E-state index contributed by atoms with van der Waals surface area (Å²) in [5.74, 6) is 0.490. The molecule has 1 unspecified atom stereocenters. The van der Waals surface area contributed by atoms with E-state index in [1.165, 1.54) is 17.4 Å². The maximum atomic E-state index is 13.7. The highest BCUT2D eigenvalue weighted by molar-refractivity contribution is 7.10. The van der Waals surface area contributed by atoms with E-state index in [-0.39, 0.29) is 5.82 Å². The van der Waals surface area contributed by atoms with Gasteiger partial charge in [-0.1, -0.05) is 17.7 Å². The van der Waals surface area contributed by atoms with E-state index < -0.39 is 6.04 Å². The largest absolute Gasteiger partial charge is 0.496 e. The average molecular weight is 251 g/mol. The molecule has 1 heterocycles. The van der Waals surface area contributed by atoms with Crippen LogP contribution < -0.4 is 10.5 Å². The zero-order chi connectivity index (χ0) is 12.4. The van der Waals surface area contributed by atoms with Gasteiger partial charge in [-0.25, -0.2) is 4.39 Å². The lowest BCUT2D eigenvalue weighted by molar-refractivity contribution is 0.416. The predicted molar refractivity (Wildman–Crippen MR) is 68.0 cm³/mol. The third-order valence-corrected chi connectivity index (χ3v) is 3.62. The average Bonchev–Trinajstić information content (AvgIpc) is 2.80. The number of rotatable bonds is 3. The van der Waals surface area contributed by atoms with Crippen LogP contribution in [-0.2, 0) is 0 Å². The Bertz CT molecular complexity index is 524. The minimum atomic E-state index is -0.441. The first-order chi connectivity index (χ1) is 8.11. The number of thiophene rings is 1. The minimum Gasteiger partial charge on any atom is -0.496 e. The Balaban J connectivity index is 2.35. The molecule has 0 bridgehead atoms. The Hall–Kier alpha value is -1.39. The first kappa shape index (κ1) is 12.1. The van der Waals surface area contributed by atoms with Crippen molar-refractivity contribution < 1.29 is 9.13 Å². The molecule has 90 valence electrons. The van der Waals surface area contributed by atoms with Crippen LogP contribution in [0, 0.1) is 12.7 Å². The molecule has 0 saturated heterocycles. The molecule has 17 heavy (non-hydrogen) atoms. The van der Waals surface area contributed by atoms with E-state index in [1.807, 2.05) is 18.4 Å². The van der Waals surface area contributed by atoms with Gasteiger partial charge in [0.15, 0.2) is 0 Å². The number of ether oxygens (including phenoxy) is 1. The predicted octanol–water partition coefficient (Wildman–Crippen LogP) is 3.25. The molecule has 2 rings (SSSR count). The molecule has 2 N–H and O–H groups in total. The molecule has 2 nitrogen and oxygen atoms in total. The topological polar surface area (TPSA) is 35.2 Å². The Morgan fingerprint density at radius 3 is 2.76 bits per heavy atom. The SMILES string of the molecule is COc1csc(C(N)c2cc(C)ccc2F)c1. The van der Waals surface area contributed by atoms with Gasteiger partial charge >= 0.3 is 0 Å². The van der Waals surface area contributed by atoms with Crippen molar-refractivity contribution in [3.8, 4) is 5.75 Å². The summed E-state index contributed by atoms with van der Waals surface area (Å²) in [5.41, 5.74) is 7.59. The summed E-state index contributed by atoms with van der Waals surface area (Å²) in [5, 5.41) is 1.86. The van der Waals surface area contributed by atoms with Gasteiger partial charge in [0.05, 0.1) is 13.2 Å². The molecule has 1 atom stereocenters. The van der Waals surface area contributed by atoms with Crippen LogP contribution in [-0.4, -0.2) is 7.11 Å². The van der Waals surface area contributed by atoms with E-state index >= 15 is 0 Å². The Morgan fingerprint density at radius 2 is 2.12 bits per heavy atom. The summed E-state index contributed by atoms with van der Waals surface area (Å²) in [7, 11) is 1.60. The molecule has 0 aliphatic heterocycles. The van der Waals surface area contributed by atoms with Crippen molar-refractivity contribution in [1.29, 1.82) is 0 Å². The molecule has 4 heteroatoms. The number of halogens is 1. The molecule has 1 aromatic heterocycles. The first-order valence-corrected chi connectivity index (χ1v) is 6.14. The van der Waals surface area contributed by atoms with Gasteiger partial charge in [0, 0.05) is 15.8 Å². The van der Waals surface area contributed by atoms with Gasteiger partial charge in [-0.3, -0.25) is 0 Å². The van der Waals surface area contributed by atoms with Crippen molar-refractivity contribution >= 4 is 11.3 Å². The number of nitrogens with two attached hydrogens (primary N) is 1. The molecular formula is C13H14FNOS. The smallest absolute Gasteiger partial charge is 0.129 e. The van der Waals surface area contributed by atoms with Crippen LogP contribution in [0.2, 0.25) is 0 Å². The second-order valence-electron chi connectivity index (χ2n) is 3.89. The van der Waals surface area contributed by atoms with Gasteiger partial charge in [-0.2, -0.15) is 0 Å². The van der Waals surface area contributed by atoms with Crippen LogP contribution in [0.5, 0.6) is 5.75 Å². The number of aryl methyl sites for hydroxylation is 1. The number of methoxy groups -OCH3 is 1. The van der Waals surface area contributed by atoms with Crippen molar-refractivity contribution in [3.05, 3.63) is 51.5 Å². The summed E-state index contributed by atoms with van der Waals surface area (Å²) in [6.07, 6.45) is 0. The second kappa shape index (κ2) is 4.85. The number of benzene rings is 1. The van der Waals surface area contributed by atoms with E-state index in [9.17, 15) is 4.39 Å². The van der Waals surface area contributed by atoms with Crippen LogP contribution in [0.15, 0.2) is 29.6 Å².